The summed E-state index contributed by atoms with van der Waals surface area (Å²) in [6, 6.07) is 4.62. The van der Waals surface area contributed by atoms with Crippen LogP contribution in [0.15, 0.2) is 24.3 Å². The lowest BCUT2D eigenvalue weighted by Crippen LogP contribution is -2.53. The zero-order valence-electron chi connectivity index (χ0n) is 17.6. The van der Waals surface area contributed by atoms with E-state index < -0.39 is 28.8 Å². The van der Waals surface area contributed by atoms with Crippen molar-refractivity contribution in [2.24, 2.45) is 0 Å². The van der Waals surface area contributed by atoms with Crippen molar-refractivity contribution in [1.29, 1.82) is 0 Å². The Morgan fingerprint density at radius 3 is 2.71 bits per heavy atom. The van der Waals surface area contributed by atoms with Crippen LogP contribution in [-0.2, 0) is 17.7 Å². The molecule has 4 rings (SSSR count). The molecule has 6 nitrogen and oxygen atoms in total. The minimum Gasteiger partial charge on any atom is -0.477 e. The van der Waals surface area contributed by atoms with Crippen LogP contribution in [0.25, 0.3) is 11.1 Å². The summed E-state index contributed by atoms with van der Waals surface area (Å²) in [5.41, 5.74) is 0.362. The molecule has 0 amide bonds. The standard InChI is InChI=1S/C23H26F2N2O4/c1-22(2)12-23(30,6-8-31-22)13-27-7-5-16-17(15-4-3-14(24)9-18(15)25)10-19(21(28)29)26-20(16)11-27/h3-4,9-10,30H,5-8,11-13H2,1-2H3,(H,28,29). The number of fused-ring (bicyclic) bond motifs is 1. The molecule has 1 fully saturated rings. The van der Waals surface area contributed by atoms with Gasteiger partial charge in [0.1, 0.15) is 17.3 Å². The second-order valence-corrected chi connectivity index (χ2v) is 9.13. The Balaban J connectivity index is 1.66. The first-order valence-electron chi connectivity index (χ1n) is 10.4. The van der Waals surface area contributed by atoms with Crippen LogP contribution in [0.3, 0.4) is 0 Å². The van der Waals surface area contributed by atoms with E-state index in [1.807, 2.05) is 18.7 Å². The first-order valence-corrected chi connectivity index (χ1v) is 10.4. The van der Waals surface area contributed by atoms with Crippen molar-refractivity contribution in [3.63, 3.8) is 0 Å². The van der Waals surface area contributed by atoms with E-state index in [9.17, 15) is 23.8 Å². The number of halogens is 2. The third-order valence-corrected chi connectivity index (χ3v) is 6.03. The van der Waals surface area contributed by atoms with Gasteiger partial charge in [0.15, 0.2) is 0 Å². The number of aromatic nitrogens is 1. The maximum absolute atomic E-state index is 14.5. The highest BCUT2D eigenvalue weighted by molar-refractivity contribution is 5.88. The number of carboxylic acid groups (broad SMARTS) is 1. The number of β-amino-alcohol motifs (C(OH)–C–C–N with tert-alkyl or cyclic N) is 1. The molecule has 2 N–H and O–H groups in total. The van der Waals surface area contributed by atoms with Crippen LogP contribution in [0, 0.1) is 11.6 Å². The molecule has 1 saturated heterocycles. The van der Waals surface area contributed by atoms with E-state index in [2.05, 4.69) is 4.98 Å². The number of ether oxygens (including phenoxy) is 1. The minimum atomic E-state index is -1.21. The molecule has 31 heavy (non-hydrogen) atoms. The molecule has 2 aliphatic heterocycles. The average molecular weight is 432 g/mol. The molecule has 2 aliphatic rings. The van der Waals surface area contributed by atoms with Crippen molar-refractivity contribution >= 4 is 5.97 Å². The number of aliphatic hydroxyl groups is 1. The molecule has 3 heterocycles. The number of nitrogens with zero attached hydrogens (tertiary/aromatic N) is 2. The van der Waals surface area contributed by atoms with Crippen LogP contribution in [0.1, 0.15) is 48.4 Å². The molecule has 0 radical (unpaired) electrons. The summed E-state index contributed by atoms with van der Waals surface area (Å²) in [6.45, 7) is 5.75. The zero-order valence-corrected chi connectivity index (χ0v) is 17.6. The minimum absolute atomic E-state index is 0.154. The molecule has 0 aliphatic carbocycles. The lowest BCUT2D eigenvalue weighted by Gasteiger charge is -2.44. The van der Waals surface area contributed by atoms with Crippen LogP contribution < -0.4 is 0 Å². The highest BCUT2D eigenvalue weighted by Crippen LogP contribution is 2.36. The largest absolute Gasteiger partial charge is 0.477 e. The maximum atomic E-state index is 14.5. The van der Waals surface area contributed by atoms with Gasteiger partial charge in [0.25, 0.3) is 0 Å². The normalized spacial score (nSPS) is 23.4. The van der Waals surface area contributed by atoms with Crippen molar-refractivity contribution in [1.82, 2.24) is 9.88 Å². The smallest absolute Gasteiger partial charge is 0.354 e. The number of hydrogen-bond acceptors (Lipinski definition) is 5. The number of pyridine rings is 1. The van der Waals surface area contributed by atoms with Gasteiger partial charge in [-0.1, -0.05) is 0 Å². The second-order valence-electron chi connectivity index (χ2n) is 9.13. The quantitative estimate of drug-likeness (QED) is 0.771. The van der Waals surface area contributed by atoms with Crippen molar-refractivity contribution in [2.75, 3.05) is 19.7 Å². The third-order valence-electron chi connectivity index (χ3n) is 6.03. The predicted octanol–water partition coefficient (Wildman–Crippen LogP) is 3.40. The molecule has 1 aromatic carbocycles. The van der Waals surface area contributed by atoms with Crippen LogP contribution in [0.2, 0.25) is 0 Å². The van der Waals surface area contributed by atoms with Gasteiger partial charge in [-0.05, 0) is 49.6 Å². The Bertz CT molecular complexity index is 1030. The zero-order chi connectivity index (χ0) is 22.4. The van der Waals surface area contributed by atoms with Crippen LogP contribution in [0.4, 0.5) is 8.78 Å². The Hall–Kier alpha value is -2.42. The SMILES string of the molecule is CC1(C)CC(O)(CN2CCc3c(-c4ccc(F)cc4F)cc(C(=O)O)nc3C2)CCO1. The van der Waals surface area contributed by atoms with E-state index in [0.29, 0.717) is 56.8 Å². The fourth-order valence-corrected chi connectivity index (χ4v) is 4.79. The maximum Gasteiger partial charge on any atom is 0.354 e. The van der Waals surface area contributed by atoms with E-state index in [-0.39, 0.29) is 11.3 Å². The van der Waals surface area contributed by atoms with E-state index in [0.717, 1.165) is 17.7 Å². The molecule has 8 heteroatoms. The van der Waals surface area contributed by atoms with Gasteiger partial charge in [0, 0.05) is 44.1 Å². The highest BCUT2D eigenvalue weighted by Gasteiger charge is 2.41. The number of aromatic carboxylic acids is 1. The van der Waals surface area contributed by atoms with E-state index >= 15 is 0 Å². The second kappa shape index (κ2) is 7.93. The summed E-state index contributed by atoms with van der Waals surface area (Å²) < 4.78 is 33.6. The Morgan fingerprint density at radius 1 is 1.26 bits per heavy atom. The number of rotatable bonds is 4. The fourth-order valence-electron chi connectivity index (χ4n) is 4.79. The summed E-state index contributed by atoms with van der Waals surface area (Å²) in [5, 5.41) is 20.6. The molecule has 166 valence electrons. The van der Waals surface area contributed by atoms with Gasteiger partial charge in [0.2, 0.25) is 0 Å². The summed E-state index contributed by atoms with van der Waals surface area (Å²) >= 11 is 0. The number of benzene rings is 1. The molecule has 2 aromatic rings. The monoisotopic (exact) mass is 432 g/mol. The van der Waals surface area contributed by atoms with Gasteiger partial charge in [-0.2, -0.15) is 0 Å². The Morgan fingerprint density at radius 2 is 2.03 bits per heavy atom. The topological polar surface area (TPSA) is 82.9 Å². The van der Waals surface area contributed by atoms with Gasteiger partial charge in [-0.25, -0.2) is 18.6 Å². The van der Waals surface area contributed by atoms with Crippen molar-refractivity contribution < 1.29 is 28.5 Å². The summed E-state index contributed by atoms with van der Waals surface area (Å²) in [6.07, 6.45) is 1.54. The van der Waals surface area contributed by atoms with Gasteiger partial charge in [0.05, 0.1) is 23.5 Å². The molecule has 1 aromatic heterocycles. The average Bonchev–Trinajstić information content (AvgIpc) is 2.65. The lowest BCUT2D eigenvalue weighted by molar-refractivity contribution is -0.152. The summed E-state index contributed by atoms with van der Waals surface area (Å²) in [4.78, 5) is 18.0. The first-order chi connectivity index (χ1) is 14.6. The number of carbonyl (C=O) groups is 1. The van der Waals surface area contributed by atoms with Crippen molar-refractivity contribution in [3.05, 3.63) is 52.9 Å². The predicted molar refractivity (Wildman–Crippen MR) is 110 cm³/mol. The Kier molecular flexibility index (Phi) is 5.57. The van der Waals surface area contributed by atoms with Crippen LogP contribution in [0.5, 0.6) is 0 Å². The van der Waals surface area contributed by atoms with Crippen molar-refractivity contribution in [3.8, 4) is 11.1 Å². The van der Waals surface area contributed by atoms with E-state index in [1.54, 1.807) is 0 Å². The summed E-state index contributed by atoms with van der Waals surface area (Å²) in [5.74, 6) is -2.65. The van der Waals surface area contributed by atoms with Gasteiger partial charge in [-0.3, -0.25) is 4.90 Å². The van der Waals surface area contributed by atoms with Gasteiger partial charge in [-0.15, -0.1) is 0 Å². The molecule has 1 unspecified atom stereocenters. The molecular weight excluding hydrogens is 406 g/mol. The molecular formula is C23H26F2N2O4. The van der Waals surface area contributed by atoms with E-state index in [4.69, 9.17) is 4.74 Å². The molecule has 0 bridgehead atoms. The molecule has 0 saturated carbocycles. The van der Waals surface area contributed by atoms with E-state index in [1.165, 1.54) is 12.1 Å². The highest BCUT2D eigenvalue weighted by atomic mass is 19.1. The fraction of sp³-hybridized carbons (Fsp3) is 0.478. The lowest BCUT2D eigenvalue weighted by atomic mass is 9.83. The number of hydrogen-bond donors (Lipinski definition) is 2. The van der Waals surface area contributed by atoms with Gasteiger partial charge < -0.3 is 14.9 Å². The molecule has 0 spiro atoms. The third kappa shape index (κ3) is 4.61. The summed E-state index contributed by atoms with van der Waals surface area (Å²) in [7, 11) is 0. The van der Waals surface area contributed by atoms with Gasteiger partial charge >= 0.3 is 5.97 Å². The number of carboxylic acids is 1. The first kappa shape index (κ1) is 21.8. The Labute approximate surface area is 179 Å². The van der Waals surface area contributed by atoms with Crippen molar-refractivity contribution in [2.45, 2.75) is 50.9 Å². The van der Waals surface area contributed by atoms with Crippen LogP contribution >= 0.6 is 0 Å². The molecule has 1 atom stereocenters. The van der Waals surface area contributed by atoms with Crippen LogP contribution in [-0.4, -0.2) is 57.0 Å².